The van der Waals surface area contributed by atoms with Gasteiger partial charge in [-0.1, -0.05) is 36.0 Å². The molecule has 0 amide bonds. The number of hydrogen-bond donors (Lipinski definition) is 0. The van der Waals surface area contributed by atoms with Crippen molar-refractivity contribution in [3.05, 3.63) is 35.9 Å². The van der Waals surface area contributed by atoms with Crippen LogP contribution in [0.4, 0.5) is 0 Å². The molecule has 0 aromatic heterocycles. The zero-order valence-electron chi connectivity index (χ0n) is 6.17. The molecule has 0 heterocycles. The lowest BCUT2D eigenvalue weighted by molar-refractivity contribution is 1.55. The van der Waals surface area contributed by atoms with Gasteiger partial charge in [0.25, 0.3) is 0 Å². The van der Waals surface area contributed by atoms with E-state index in [1.807, 2.05) is 30.3 Å². The van der Waals surface area contributed by atoms with E-state index in [0.29, 0.717) is 6.42 Å². The second-order valence-corrected chi connectivity index (χ2v) is 2.05. The van der Waals surface area contributed by atoms with Crippen molar-refractivity contribution in [1.82, 2.24) is 0 Å². The minimum Gasteiger partial charge on any atom is -0.119 e. The highest BCUT2D eigenvalue weighted by atomic mass is 13.8. The highest BCUT2D eigenvalue weighted by Gasteiger charge is 1.78. The Balaban J connectivity index is 2.68. The predicted octanol–water partition coefficient (Wildman–Crippen LogP) is 2.06. The minimum atomic E-state index is 0.523. The number of rotatable bonds is 0. The van der Waals surface area contributed by atoms with Gasteiger partial charge in [0.1, 0.15) is 0 Å². The molecule has 0 saturated carbocycles. The molecule has 52 valence electrons. The summed E-state index contributed by atoms with van der Waals surface area (Å²) in [5.74, 6) is 8.28. The molecule has 0 bridgehead atoms. The third-order valence-electron chi connectivity index (χ3n) is 1.20. The summed E-state index contributed by atoms with van der Waals surface area (Å²) < 4.78 is 0. The molecule has 1 rings (SSSR count). The third kappa shape index (κ3) is 2.61. The molecule has 0 fully saturated rings. The van der Waals surface area contributed by atoms with E-state index >= 15 is 0 Å². The van der Waals surface area contributed by atoms with Crippen molar-refractivity contribution in [2.24, 2.45) is 0 Å². The lowest BCUT2D eigenvalue weighted by Crippen LogP contribution is -1.69. The Morgan fingerprint density at radius 1 is 1.18 bits per heavy atom. The molecule has 0 heteroatoms. The fourth-order valence-electron chi connectivity index (χ4n) is 0.719. The summed E-state index contributed by atoms with van der Waals surface area (Å²) in [4.78, 5) is 0. The van der Waals surface area contributed by atoms with E-state index in [2.05, 4.69) is 17.8 Å². The molecule has 0 spiro atoms. The second kappa shape index (κ2) is 4.20. The zero-order valence-corrected chi connectivity index (χ0v) is 6.17. The van der Waals surface area contributed by atoms with Crippen molar-refractivity contribution in [3.8, 4) is 24.2 Å². The highest BCUT2D eigenvalue weighted by Crippen LogP contribution is 1.94. The molecule has 0 aliphatic carbocycles. The van der Waals surface area contributed by atoms with Crippen molar-refractivity contribution in [2.45, 2.75) is 6.42 Å². The van der Waals surface area contributed by atoms with E-state index in [0.717, 1.165) is 5.56 Å². The van der Waals surface area contributed by atoms with Crippen LogP contribution in [0.1, 0.15) is 12.0 Å². The Morgan fingerprint density at radius 3 is 2.55 bits per heavy atom. The van der Waals surface area contributed by atoms with Gasteiger partial charge in [0.2, 0.25) is 0 Å². The van der Waals surface area contributed by atoms with Crippen LogP contribution in [0.2, 0.25) is 0 Å². The normalized spacial score (nSPS) is 7.55. The first-order valence-corrected chi connectivity index (χ1v) is 3.41. The van der Waals surface area contributed by atoms with Crippen LogP contribution in [0.5, 0.6) is 0 Å². The lowest BCUT2D eigenvalue weighted by Gasteiger charge is -1.84. The summed E-state index contributed by atoms with van der Waals surface area (Å²) in [5.41, 5.74) is 1.02. The maximum absolute atomic E-state index is 5.04. The fraction of sp³-hybridized carbons (Fsp3) is 0.0909. The van der Waals surface area contributed by atoms with Crippen molar-refractivity contribution >= 4 is 0 Å². The fourth-order valence-corrected chi connectivity index (χ4v) is 0.719. The van der Waals surface area contributed by atoms with Crippen LogP contribution in [0.25, 0.3) is 0 Å². The Bertz CT molecular complexity index is 303. The summed E-state index contributed by atoms with van der Waals surface area (Å²) in [7, 11) is 0. The van der Waals surface area contributed by atoms with E-state index in [1.54, 1.807) is 0 Å². The van der Waals surface area contributed by atoms with E-state index in [4.69, 9.17) is 6.42 Å². The first kappa shape index (κ1) is 7.45. The average Bonchev–Trinajstić information content (AvgIpc) is 2.07. The van der Waals surface area contributed by atoms with E-state index < -0.39 is 0 Å². The predicted molar refractivity (Wildman–Crippen MR) is 46.8 cm³/mol. The topological polar surface area (TPSA) is 0 Å². The van der Waals surface area contributed by atoms with Crippen LogP contribution in [-0.2, 0) is 0 Å². The molecule has 0 unspecified atom stereocenters. The molecule has 1 aromatic rings. The number of hydrogen-bond acceptors (Lipinski definition) is 0. The van der Waals surface area contributed by atoms with Gasteiger partial charge in [-0.15, -0.1) is 6.42 Å². The summed E-state index contributed by atoms with van der Waals surface area (Å²) >= 11 is 0. The second-order valence-electron chi connectivity index (χ2n) is 2.05. The first-order valence-electron chi connectivity index (χ1n) is 3.41. The van der Waals surface area contributed by atoms with Gasteiger partial charge in [-0.25, -0.2) is 0 Å². The standard InChI is InChI=1S/C11H8/c1-2-3-5-8-11-9-6-4-7-10-11/h1,4,6-7,9-10H,3H2. The van der Waals surface area contributed by atoms with Gasteiger partial charge in [-0.2, -0.15) is 0 Å². The zero-order chi connectivity index (χ0) is 7.94. The molecule has 0 saturated heterocycles. The summed E-state index contributed by atoms with van der Waals surface area (Å²) in [6.07, 6.45) is 5.56. The van der Waals surface area contributed by atoms with E-state index in [1.165, 1.54) is 0 Å². The van der Waals surface area contributed by atoms with Crippen LogP contribution in [0.15, 0.2) is 30.3 Å². The first-order chi connectivity index (χ1) is 5.43. The van der Waals surface area contributed by atoms with Gasteiger partial charge >= 0.3 is 0 Å². The molecule has 0 aliphatic heterocycles. The molecular formula is C11H8. The summed E-state index contributed by atoms with van der Waals surface area (Å²) in [6, 6.07) is 9.80. The molecular weight excluding hydrogens is 132 g/mol. The van der Waals surface area contributed by atoms with Crippen molar-refractivity contribution in [2.75, 3.05) is 0 Å². The van der Waals surface area contributed by atoms with Crippen molar-refractivity contribution in [3.63, 3.8) is 0 Å². The minimum absolute atomic E-state index is 0.523. The highest BCUT2D eigenvalue weighted by molar-refractivity contribution is 5.34. The number of terminal acetylenes is 1. The van der Waals surface area contributed by atoms with Crippen LogP contribution >= 0.6 is 0 Å². The third-order valence-corrected chi connectivity index (χ3v) is 1.20. The summed E-state index contributed by atoms with van der Waals surface area (Å²) in [6.45, 7) is 0. The lowest BCUT2D eigenvalue weighted by atomic mass is 10.2. The largest absolute Gasteiger partial charge is 0.119 e. The Morgan fingerprint density at radius 2 is 1.91 bits per heavy atom. The van der Waals surface area contributed by atoms with Crippen LogP contribution in [0.3, 0.4) is 0 Å². The van der Waals surface area contributed by atoms with Crippen molar-refractivity contribution in [1.29, 1.82) is 0 Å². The molecule has 0 N–H and O–H groups in total. The maximum Gasteiger partial charge on any atom is 0.0703 e. The van der Waals surface area contributed by atoms with Gasteiger partial charge in [-0.05, 0) is 12.1 Å². The van der Waals surface area contributed by atoms with Gasteiger partial charge < -0.3 is 0 Å². The molecule has 0 radical (unpaired) electrons. The molecule has 0 aliphatic rings. The van der Waals surface area contributed by atoms with Gasteiger partial charge in [0.15, 0.2) is 0 Å². The van der Waals surface area contributed by atoms with Gasteiger partial charge in [-0.3, -0.25) is 0 Å². The Hall–Kier alpha value is -1.66. The molecule has 11 heavy (non-hydrogen) atoms. The SMILES string of the molecule is C#CCC#Cc1ccccc1. The smallest absolute Gasteiger partial charge is 0.0703 e. The van der Waals surface area contributed by atoms with E-state index in [-0.39, 0.29) is 0 Å². The average molecular weight is 140 g/mol. The van der Waals surface area contributed by atoms with Crippen LogP contribution in [-0.4, -0.2) is 0 Å². The van der Waals surface area contributed by atoms with E-state index in [9.17, 15) is 0 Å². The molecule has 0 atom stereocenters. The quantitative estimate of drug-likeness (QED) is 0.484. The summed E-state index contributed by atoms with van der Waals surface area (Å²) in [5, 5.41) is 0. The maximum atomic E-state index is 5.04. The Labute approximate surface area is 67.3 Å². The van der Waals surface area contributed by atoms with Gasteiger partial charge in [0, 0.05) is 5.56 Å². The van der Waals surface area contributed by atoms with Crippen molar-refractivity contribution < 1.29 is 0 Å². The monoisotopic (exact) mass is 140 g/mol. The molecule has 1 aromatic carbocycles. The van der Waals surface area contributed by atoms with Crippen LogP contribution < -0.4 is 0 Å². The Kier molecular flexibility index (Phi) is 2.85. The number of benzene rings is 1. The van der Waals surface area contributed by atoms with Gasteiger partial charge in [0.05, 0.1) is 6.42 Å². The molecule has 0 nitrogen and oxygen atoms in total. The van der Waals surface area contributed by atoms with Crippen LogP contribution in [0, 0.1) is 24.2 Å².